The van der Waals surface area contributed by atoms with Crippen molar-refractivity contribution in [2.45, 2.75) is 50.7 Å². The summed E-state index contributed by atoms with van der Waals surface area (Å²) in [7, 11) is 0. The normalized spacial score (nSPS) is 23.5. The molecule has 4 rings (SSSR count). The van der Waals surface area contributed by atoms with Gasteiger partial charge in [0.2, 0.25) is 0 Å². The number of aliphatic hydroxyl groups excluding tert-OH is 1. The van der Waals surface area contributed by atoms with Gasteiger partial charge in [-0.25, -0.2) is 0 Å². The predicted octanol–water partition coefficient (Wildman–Crippen LogP) is 3.05. The van der Waals surface area contributed by atoms with E-state index in [2.05, 4.69) is 39.0 Å². The quantitative estimate of drug-likeness (QED) is 0.909. The zero-order chi connectivity index (χ0) is 17.1. The first-order chi connectivity index (χ1) is 12.3. The second-order valence-corrected chi connectivity index (χ2v) is 7.56. The molecule has 134 valence electrons. The molecule has 0 bridgehead atoms. The fraction of sp³-hybridized carbons (Fsp3) is 0.571. The average molecular weight is 339 g/mol. The standard InChI is InChI=1S/C21H29N3O/c25-14-10-19-16-23(12-13-24(19)18-6-1-2-7-18)15-17-5-3-9-21-20(17)8-4-11-22-21/h3-5,8-9,11,18-19,25H,1-2,6-7,10,12-16H2/t19-/m0/s1. The largest absolute Gasteiger partial charge is 0.396 e. The average Bonchev–Trinajstić information content (AvgIpc) is 3.17. The van der Waals surface area contributed by atoms with Gasteiger partial charge in [0.05, 0.1) is 5.52 Å². The Morgan fingerprint density at radius 3 is 2.80 bits per heavy atom. The van der Waals surface area contributed by atoms with Crippen LogP contribution in [0.2, 0.25) is 0 Å². The highest BCUT2D eigenvalue weighted by molar-refractivity contribution is 5.81. The van der Waals surface area contributed by atoms with Crippen LogP contribution < -0.4 is 0 Å². The molecule has 1 aliphatic heterocycles. The Labute approximate surface area is 150 Å². The lowest BCUT2D eigenvalue weighted by Gasteiger charge is -2.44. The first-order valence-corrected chi connectivity index (χ1v) is 9.77. The summed E-state index contributed by atoms with van der Waals surface area (Å²) in [5, 5.41) is 10.8. The van der Waals surface area contributed by atoms with Gasteiger partial charge in [-0.05, 0) is 37.0 Å². The lowest BCUT2D eigenvalue weighted by Crippen LogP contribution is -2.56. The number of hydrogen-bond donors (Lipinski definition) is 1. The van der Waals surface area contributed by atoms with Crippen LogP contribution in [0.15, 0.2) is 36.5 Å². The molecule has 1 aromatic heterocycles. The smallest absolute Gasteiger partial charge is 0.0705 e. The van der Waals surface area contributed by atoms with Crippen molar-refractivity contribution in [2.75, 3.05) is 26.2 Å². The zero-order valence-electron chi connectivity index (χ0n) is 15.0. The van der Waals surface area contributed by atoms with Crippen molar-refractivity contribution < 1.29 is 5.11 Å². The number of pyridine rings is 1. The molecule has 1 aromatic carbocycles. The number of fused-ring (bicyclic) bond motifs is 1. The van der Waals surface area contributed by atoms with E-state index >= 15 is 0 Å². The van der Waals surface area contributed by atoms with Crippen molar-refractivity contribution in [2.24, 2.45) is 0 Å². The van der Waals surface area contributed by atoms with Crippen molar-refractivity contribution in [1.29, 1.82) is 0 Å². The van der Waals surface area contributed by atoms with Crippen LogP contribution in [0.1, 0.15) is 37.7 Å². The summed E-state index contributed by atoms with van der Waals surface area (Å²) in [6, 6.07) is 11.9. The summed E-state index contributed by atoms with van der Waals surface area (Å²) in [6.45, 7) is 4.59. The fourth-order valence-corrected chi connectivity index (χ4v) is 4.75. The molecule has 0 radical (unpaired) electrons. The van der Waals surface area contributed by atoms with Gasteiger partial charge in [-0.3, -0.25) is 14.8 Å². The molecule has 1 atom stereocenters. The first kappa shape index (κ1) is 17.0. The van der Waals surface area contributed by atoms with Crippen LogP contribution in [0, 0.1) is 0 Å². The van der Waals surface area contributed by atoms with E-state index in [9.17, 15) is 5.11 Å². The molecule has 2 fully saturated rings. The van der Waals surface area contributed by atoms with Gasteiger partial charge in [0.25, 0.3) is 0 Å². The van der Waals surface area contributed by atoms with Gasteiger partial charge in [0.1, 0.15) is 0 Å². The van der Waals surface area contributed by atoms with Crippen LogP contribution in [0.4, 0.5) is 0 Å². The Bertz CT molecular complexity index is 693. The molecule has 2 heterocycles. The maximum Gasteiger partial charge on any atom is 0.0705 e. The monoisotopic (exact) mass is 339 g/mol. The molecule has 0 unspecified atom stereocenters. The summed E-state index contributed by atoms with van der Waals surface area (Å²) in [5.74, 6) is 0. The van der Waals surface area contributed by atoms with Gasteiger partial charge < -0.3 is 5.11 Å². The van der Waals surface area contributed by atoms with Crippen LogP contribution in [-0.4, -0.2) is 58.2 Å². The van der Waals surface area contributed by atoms with Crippen LogP contribution in [-0.2, 0) is 6.54 Å². The van der Waals surface area contributed by atoms with Crippen LogP contribution in [0.3, 0.4) is 0 Å². The molecule has 2 aliphatic rings. The van der Waals surface area contributed by atoms with E-state index in [1.165, 1.54) is 36.6 Å². The van der Waals surface area contributed by atoms with E-state index in [1.54, 1.807) is 0 Å². The number of benzene rings is 1. The van der Waals surface area contributed by atoms with E-state index in [0.29, 0.717) is 12.6 Å². The summed E-state index contributed by atoms with van der Waals surface area (Å²) in [5.41, 5.74) is 2.44. The topological polar surface area (TPSA) is 39.6 Å². The third-order valence-corrected chi connectivity index (χ3v) is 6.00. The highest BCUT2D eigenvalue weighted by atomic mass is 16.3. The third kappa shape index (κ3) is 3.71. The molecule has 25 heavy (non-hydrogen) atoms. The van der Waals surface area contributed by atoms with E-state index in [4.69, 9.17) is 0 Å². The lowest BCUT2D eigenvalue weighted by molar-refractivity contribution is 0.0269. The molecule has 1 aliphatic carbocycles. The Kier molecular flexibility index (Phi) is 5.30. The summed E-state index contributed by atoms with van der Waals surface area (Å²) in [4.78, 5) is 9.75. The zero-order valence-corrected chi connectivity index (χ0v) is 15.0. The number of aliphatic hydroxyl groups is 1. The van der Waals surface area contributed by atoms with Gasteiger partial charge >= 0.3 is 0 Å². The maximum absolute atomic E-state index is 9.54. The molecule has 4 heteroatoms. The molecular formula is C21H29N3O. The highest BCUT2D eigenvalue weighted by Gasteiger charge is 2.32. The maximum atomic E-state index is 9.54. The summed E-state index contributed by atoms with van der Waals surface area (Å²) >= 11 is 0. The first-order valence-electron chi connectivity index (χ1n) is 9.77. The van der Waals surface area contributed by atoms with Crippen molar-refractivity contribution in [3.05, 3.63) is 42.1 Å². The van der Waals surface area contributed by atoms with Gasteiger partial charge in [-0.15, -0.1) is 0 Å². The van der Waals surface area contributed by atoms with Crippen molar-refractivity contribution in [1.82, 2.24) is 14.8 Å². The molecule has 0 spiro atoms. The number of hydrogen-bond acceptors (Lipinski definition) is 4. The molecule has 0 amide bonds. The van der Waals surface area contributed by atoms with E-state index in [-0.39, 0.29) is 0 Å². The minimum absolute atomic E-state index is 0.292. The molecule has 1 saturated heterocycles. The minimum Gasteiger partial charge on any atom is -0.396 e. The van der Waals surface area contributed by atoms with Gasteiger partial charge in [0.15, 0.2) is 0 Å². The molecular weight excluding hydrogens is 310 g/mol. The van der Waals surface area contributed by atoms with Crippen molar-refractivity contribution in [3.8, 4) is 0 Å². The second kappa shape index (κ2) is 7.81. The van der Waals surface area contributed by atoms with Crippen LogP contribution in [0.5, 0.6) is 0 Å². The van der Waals surface area contributed by atoms with Crippen molar-refractivity contribution in [3.63, 3.8) is 0 Å². The lowest BCUT2D eigenvalue weighted by atomic mass is 10.0. The molecule has 1 N–H and O–H groups in total. The number of piperazine rings is 1. The summed E-state index contributed by atoms with van der Waals surface area (Å²) < 4.78 is 0. The van der Waals surface area contributed by atoms with Gasteiger partial charge in [-0.1, -0.05) is 31.0 Å². The third-order valence-electron chi connectivity index (χ3n) is 6.00. The van der Waals surface area contributed by atoms with E-state index in [1.807, 2.05) is 12.3 Å². The Hall–Kier alpha value is -1.49. The summed E-state index contributed by atoms with van der Waals surface area (Å²) in [6.07, 6.45) is 8.20. The van der Waals surface area contributed by atoms with Crippen molar-refractivity contribution >= 4 is 10.9 Å². The predicted molar refractivity (Wildman–Crippen MR) is 101 cm³/mol. The Balaban J connectivity index is 1.48. The van der Waals surface area contributed by atoms with Crippen LogP contribution >= 0.6 is 0 Å². The van der Waals surface area contributed by atoms with E-state index in [0.717, 1.165) is 44.2 Å². The second-order valence-electron chi connectivity index (χ2n) is 7.56. The van der Waals surface area contributed by atoms with Crippen LogP contribution in [0.25, 0.3) is 10.9 Å². The number of rotatable bonds is 5. The molecule has 4 nitrogen and oxygen atoms in total. The Morgan fingerprint density at radius 1 is 1.08 bits per heavy atom. The van der Waals surface area contributed by atoms with E-state index < -0.39 is 0 Å². The minimum atomic E-state index is 0.292. The molecule has 2 aromatic rings. The number of aromatic nitrogens is 1. The number of nitrogens with zero attached hydrogens (tertiary/aromatic N) is 3. The fourth-order valence-electron chi connectivity index (χ4n) is 4.75. The molecule has 1 saturated carbocycles. The van der Waals surface area contributed by atoms with Gasteiger partial charge in [-0.2, -0.15) is 0 Å². The highest BCUT2D eigenvalue weighted by Crippen LogP contribution is 2.28. The SMILES string of the molecule is OCC[C@H]1CN(Cc2cccc3ncccc23)CCN1C1CCCC1. The Morgan fingerprint density at radius 2 is 1.96 bits per heavy atom. The van der Waals surface area contributed by atoms with Gasteiger partial charge in [0, 0.05) is 56.5 Å².